The number of carboxylic acid groups (broad SMARTS) is 1. The van der Waals surface area contributed by atoms with Gasteiger partial charge in [-0.2, -0.15) is 0 Å². The van der Waals surface area contributed by atoms with Crippen molar-refractivity contribution in [3.63, 3.8) is 0 Å². The molecular weight excluding hydrogens is 266 g/mol. The number of nitrogens with zero attached hydrogens (tertiary/aromatic N) is 1. The molecule has 1 aliphatic heterocycles. The van der Waals surface area contributed by atoms with Crippen molar-refractivity contribution in [2.45, 2.75) is 31.3 Å². The van der Waals surface area contributed by atoms with Gasteiger partial charge in [0.05, 0.1) is 5.92 Å². The Morgan fingerprint density at radius 2 is 2.05 bits per heavy atom. The van der Waals surface area contributed by atoms with E-state index in [9.17, 15) is 14.7 Å². The quantitative estimate of drug-likeness (QED) is 0.876. The summed E-state index contributed by atoms with van der Waals surface area (Å²) in [5, 5.41) is 20.7. The molecule has 1 amide bonds. The second-order valence-electron chi connectivity index (χ2n) is 4.90. The van der Waals surface area contributed by atoms with Gasteiger partial charge in [0, 0.05) is 30.8 Å². The van der Waals surface area contributed by atoms with E-state index < -0.39 is 11.6 Å². The highest BCUT2D eigenvalue weighted by atomic mass is 32.1. The van der Waals surface area contributed by atoms with Crippen LogP contribution in [-0.4, -0.2) is 45.7 Å². The fourth-order valence-corrected chi connectivity index (χ4v) is 3.02. The van der Waals surface area contributed by atoms with Crippen LogP contribution in [0.15, 0.2) is 17.5 Å². The predicted molar refractivity (Wildman–Crippen MR) is 71.1 cm³/mol. The molecule has 6 heteroatoms. The summed E-state index contributed by atoms with van der Waals surface area (Å²) < 4.78 is 0. The van der Waals surface area contributed by atoms with Crippen LogP contribution in [0.5, 0.6) is 0 Å². The highest BCUT2D eigenvalue weighted by Crippen LogP contribution is 2.27. The Morgan fingerprint density at radius 1 is 1.42 bits per heavy atom. The van der Waals surface area contributed by atoms with Gasteiger partial charge < -0.3 is 15.1 Å². The number of likely N-dealkylation sites (tertiary alicyclic amines) is 1. The molecule has 0 bridgehead atoms. The summed E-state index contributed by atoms with van der Waals surface area (Å²) >= 11 is 1.54. The number of hydrogen-bond acceptors (Lipinski definition) is 4. The van der Waals surface area contributed by atoms with Gasteiger partial charge in [0.2, 0.25) is 5.91 Å². The Balaban J connectivity index is 1.98. The maximum Gasteiger partial charge on any atom is 0.335 e. The summed E-state index contributed by atoms with van der Waals surface area (Å²) in [5.41, 5.74) is -1.68. The SMILES string of the molecule is CC(C(=O)N1CCC(O)(C(=O)O)CC1)c1cccs1. The lowest BCUT2D eigenvalue weighted by molar-refractivity contribution is -0.165. The summed E-state index contributed by atoms with van der Waals surface area (Å²) in [7, 11) is 0. The molecule has 19 heavy (non-hydrogen) atoms. The molecule has 1 fully saturated rings. The maximum atomic E-state index is 12.3. The zero-order chi connectivity index (χ0) is 14.0. The van der Waals surface area contributed by atoms with Gasteiger partial charge >= 0.3 is 5.97 Å². The van der Waals surface area contributed by atoms with Crippen LogP contribution >= 0.6 is 11.3 Å². The number of amides is 1. The molecule has 0 spiro atoms. The maximum absolute atomic E-state index is 12.3. The van der Waals surface area contributed by atoms with Crippen molar-refractivity contribution in [3.8, 4) is 0 Å². The van der Waals surface area contributed by atoms with Crippen molar-refractivity contribution >= 4 is 23.2 Å². The number of piperidine rings is 1. The summed E-state index contributed by atoms with van der Waals surface area (Å²) in [6.07, 6.45) is 0.177. The highest BCUT2D eigenvalue weighted by molar-refractivity contribution is 7.10. The predicted octanol–water partition coefficient (Wildman–Crippen LogP) is 1.29. The van der Waals surface area contributed by atoms with E-state index >= 15 is 0 Å². The van der Waals surface area contributed by atoms with Crippen LogP contribution in [0.4, 0.5) is 0 Å². The van der Waals surface area contributed by atoms with E-state index in [-0.39, 0.29) is 37.8 Å². The van der Waals surface area contributed by atoms with E-state index in [4.69, 9.17) is 5.11 Å². The van der Waals surface area contributed by atoms with Crippen molar-refractivity contribution in [2.75, 3.05) is 13.1 Å². The Morgan fingerprint density at radius 3 is 2.53 bits per heavy atom. The largest absolute Gasteiger partial charge is 0.479 e. The minimum Gasteiger partial charge on any atom is -0.479 e. The van der Waals surface area contributed by atoms with Crippen LogP contribution in [0, 0.1) is 0 Å². The Bertz CT molecular complexity index is 463. The molecule has 2 heterocycles. The lowest BCUT2D eigenvalue weighted by Gasteiger charge is -2.36. The number of carboxylic acids is 1. The molecule has 1 saturated heterocycles. The van der Waals surface area contributed by atoms with E-state index in [1.54, 1.807) is 4.90 Å². The molecule has 1 aliphatic rings. The van der Waals surface area contributed by atoms with Crippen molar-refractivity contribution in [3.05, 3.63) is 22.4 Å². The minimum absolute atomic E-state index is 0.00473. The molecule has 1 atom stereocenters. The number of aliphatic carboxylic acids is 1. The normalized spacial score (nSPS) is 20.0. The molecular formula is C13H17NO4S. The number of rotatable bonds is 3. The molecule has 0 aliphatic carbocycles. The minimum atomic E-state index is -1.68. The van der Waals surface area contributed by atoms with Crippen molar-refractivity contribution in [2.24, 2.45) is 0 Å². The lowest BCUT2D eigenvalue weighted by atomic mass is 9.91. The van der Waals surface area contributed by atoms with Crippen molar-refractivity contribution in [1.29, 1.82) is 0 Å². The van der Waals surface area contributed by atoms with E-state index in [0.717, 1.165) is 4.88 Å². The fourth-order valence-electron chi connectivity index (χ4n) is 2.24. The van der Waals surface area contributed by atoms with Crippen LogP contribution in [0.25, 0.3) is 0 Å². The van der Waals surface area contributed by atoms with Gasteiger partial charge in [-0.25, -0.2) is 4.79 Å². The summed E-state index contributed by atoms with van der Waals surface area (Å²) in [5.74, 6) is -1.42. The number of hydrogen-bond donors (Lipinski definition) is 2. The lowest BCUT2D eigenvalue weighted by Crippen LogP contribution is -2.51. The summed E-state index contributed by atoms with van der Waals surface area (Å²) in [4.78, 5) is 25.8. The van der Waals surface area contributed by atoms with Crippen molar-refractivity contribution < 1.29 is 19.8 Å². The first-order valence-electron chi connectivity index (χ1n) is 6.22. The van der Waals surface area contributed by atoms with Crippen LogP contribution < -0.4 is 0 Å². The van der Waals surface area contributed by atoms with Crippen LogP contribution in [-0.2, 0) is 9.59 Å². The third-order valence-corrected chi connectivity index (χ3v) is 4.70. The van der Waals surface area contributed by atoms with E-state index in [1.807, 2.05) is 24.4 Å². The van der Waals surface area contributed by atoms with Gasteiger partial charge in [-0.3, -0.25) is 4.79 Å². The molecule has 1 aromatic rings. The van der Waals surface area contributed by atoms with Gasteiger partial charge in [0.1, 0.15) is 0 Å². The number of carbonyl (C=O) groups is 2. The average molecular weight is 283 g/mol. The monoisotopic (exact) mass is 283 g/mol. The summed E-state index contributed by atoms with van der Waals surface area (Å²) in [6, 6.07) is 3.83. The third kappa shape index (κ3) is 2.79. The first kappa shape index (κ1) is 14.0. The van der Waals surface area contributed by atoms with E-state index in [1.165, 1.54) is 11.3 Å². The topological polar surface area (TPSA) is 77.8 Å². The van der Waals surface area contributed by atoms with Crippen LogP contribution in [0.1, 0.15) is 30.6 Å². The van der Waals surface area contributed by atoms with Gasteiger partial charge in [-0.05, 0) is 18.4 Å². The zero-order valence-corrected chi connectivity index (χ0v) is 11.5. The van der Waals surface area contributed by atoms with Gasteiger partial charge in [0.15, 0.2) is 5.60 Å². The first-order valence-corrected chi connectivity index (χ1v) is 7.10. The number of aliphatic hydroxyl groups is 1. The Hall–Kier alpha value is -1.40. The van der Waals surface area contributed by atoms with Crippen molar-refractivity contribution in [1.82, 2.24) is 4.90 Å². The average Bonchev–Trinajstić information content (AvgIpc) is 2.91. The standard InChI is InChI=1S/C13H17NO4S/c1-9(10-3-2-8-19-10)11(15)14-6-4-13(18,5-7-14)12(16)17/h2-3,8-9,18H,4-7H2,1H3,(H,16,17). The smallest absolute Gasteiger partial charge is 0.335 e. The molecule has 2 N–H and O–H groups in total. The molecule has 104 valence electrons. The number of carbonyl (C=O) groups excluding carboxylic acids is 1. The molecule has 2 rings (SSSR count). The molecule has 0 aromatic carbocycles. The molecule has 0 saturated carbocycles. The molecule has 1 aromatic heterocycles. The highest BCUT2D eigenvalue weighted by Gasteiger charge is 2.41. The second-order valence-corrected chi connectivity index (χ2v) is 5.88. The second kappa shape index (κ2) is 5.30. The van der Waals surface area contributed by atoms with Crippen LogP contribution in [0.3, 0.4) is 0 Å². The van der Waals surface area contributed by atoms with Gasteiger partial charge in [0.25, 0.3) is 0 Å². The van der Waals surface area contributed by atoms with Gasteiger partial charge in [-0.1, -0.05) is 6.07 Å². The Kier molecular flexibility index (Phi) is 3.91. The molecule has 1 unspecified atom stereocenters. The summed E-state index contributed by atoms with van der Waals surface area (Å²) in [6.45, 7) is 2.43. The number of thiophene rings is 1. The molecule has 5 nitrogen and oxygen atoms in total. The Labute approximate surface area is 115 Å². The van der Waals surface area contributed by atoms with Crippen LogP contribution in [0.2, 0.25) is 0 Å². The third-order valence-electron chi connectivity index (χ3n) is 3.64. The molecule has 0 radical (unpaired) electrons. The van der Waals surface area contributed by atoms with E-state index in [0.29, 0.717) is 0 Å². The first-order chi connectivity index (χ1) is 8.94. The fraction of sp³-hybridized carbons (Fsp3) is 0.538. The zero-order valence-electron chi connectivity index (χ0n) is 10.7. The van der Waals surface area contributed by atoms with E-state index in [2.05, 4.69) is 0 Å². The van der Waals surface area contributed by atoms with Gasteiger partial charge in [-0.15, -0.1) is 11.3 Å².